The first kappa shape index (κ1) is 15.2. The molecular weight excluding hydrogens is 238 g/mol. The summed E-state index contributed by atoms with van der Waals surface area (Å²) < 4.78 is 0. The van der Waals surface area contributed by atoms with E-state index in [9.17, 15) is 4.79 Å². The molecule has 0 saturated carbocycles. The summed E-state index contributed by atoms with van der Waals surface area (Å²) in [5.41, 5.74) is 6.36. The Morgan fingerprint density at radius 1 is 1.53 bits per heavy atom. The lowest BCUT2D eigenvalue weighted by atomic mass is 9.98. The second kappa shape index (κ2) is 6.35. The Morgan fingerprint density at radius 2 is 2.21 bits per heavy atom. The second-order valence-corrected chi connectivity index (χ2v) is 4.96. The van der Waals surface area contributed by atoms with Crippen molar-refractivity contribution in [1.29, 1.82) is 0 Å². The standard InChI is InChI=1S/C15H21N3O/c1-5-15(2,3)18(4)14(19)13-8-10-17-11-12(13)7-6-9-16/h8,10-11H,5,9,16H2,1-4H3. The summed E-state index contributed by atoms with van der Waals surface area (Å²) in [7, 11) is 1.81. The number of hydrogen-bond acceptors (Lipinski definition) is 3. The molecule has 0 aliphatic heterocycles. The van der Waals surface area contributed by atoms with Gasteiger partial charge in [0.2, 0.25) is 0 Å². The average molecular weight is 259 g/mol. The van der Waals surface area contributed by atoms with Crippen molar-refractivity contribution < 1.29 is 4.79 Å². The average Bonchev–Trinajstić information content (AvgIpc) is 2.43. The minimum Gasteiger partial charge on any atom is -0.337 e. The monoisotopic (exact) mass is 259 g/mol. The van der Waals surface area contributed by atoms with Crippen molar-refractivity contribution in [3.63, 3.8) is 0 Å². The summed E-state index contributed by atoms with van der Waals surface area (Å²) in [6.45, 7) is 6.40. The number of nitrogens with zero attached hydrogens (tertiary/aromatic N) is 2. The van der Waals surface area contributed by atoms with Crippen LogP contribution in [0.25, 0.3) is 0 Å². The number of aromatic nitrogens is 1. The van der Waals surface area contributed by atoms with Gasteiger partial charge < -0.3 is 10.6 Å². The normalized spacial score (nSPS) is 10.6. The molecule has 4 nitrogen and oxygen atoms in total. The van der Waals surface area contributed by atoms with Crippen LogP contribution in [0.2, 0.25) is 0 Å². The highest BCUT2D eigenvalue weighted by Gasteiger charge is 2.27. The summed E-state index contributed by atoms with van der Waals surface area (Å²) in [6, 6.07) is 1.70. The van der Waals surface area contributed by atoms with E-state index in [1.54, 1.807) is 23.4 Å². The molecule has 0 saturated heterocycles. The Bertz CT molecular complexity index is 512. The van der Waals surface area contributed by atoms with Crippen molar-refractivity contribution in [2.45, 2.75) is 32.7 Å². The minimum atomic E-state index is -0.196. The van der Waals surface area contributed by atoms with Crippen LogP contribution < -0.4 is 5.73 Å². The van der Waals surface area contributed by atoms with Crippen LogP contribution in [0.3, 0.4) is 0 Å². The van der Waals surface area contributed by atoms with Crippen molar-refractivity contribution in [1.82, 2.24) is 9.88 Å². The number of amides is 1. The van der Waals surface area contributed by atoms with E-state index >= 15 is 0 Å². The van der Waals surface area contributed by atoms with E-state index in [2.05, 4.69) is 23.7 Å². The van der Waals surface area contributed by atoms with Gasteiger partial charge in [-0.05, 0) is 26.3 Å². The van der Waals surface area contributed by atoms with E-state index in [-0.39, 0.29) is 18.0 Å². The van der Waals surface area contributed by atoms with E-state index in [0.717, 1.165) is 6.42 Å². The molecule has 0 spiro atoms. The van der Waals surface area contributed by atoms with E-state index < -0.39 is 0 Å². The van der Waals surface area contributed by atoms with Crippen LogP contribution in [-0.4, -0.2) is 34.9 Å². The maximum absolute atomic E-state index is 12.5. The first-order valence-corrected chi connectivity index (χ1v) is 6.35. The van der Waals surface area contributed by atoms with Gasteiger partial charge in [-0.15, -0.1) is 0 Å². The Morgan fingerprint density at radius 3 is 2.79 bits per heavy atom. The zero-order chi connectivity index (χ0) is 14.5. The molecule has 0 fully saturated rings. The number of rotatable bonds is 3. The van der Waals surface area contributed by atoms with Gasteiger partial charge in [-0.2, -0.15) is 0 Å². The number of carbonyl (C=O) groups is 1. The molecular formula is C15H21N3O. The zero-order valence-electron chi connectivity index (χ0n) is 12.0. The molecule has 1 heterocycles. The van der Waals surface area contributed by atoms with Gasteiger partial charge in [-0.25, -0.2) is 0 Å². The molecule has 1 aromatic rings. The summed E-state index contributed by atoms with van der Waals surface area (Å²) in [4.78, 5) is 18.3. The van der Waals surface area contributed by atoms with Gasteiger partial charge in [0.25, 0.3) is 5.91 Å². The lowest BCUT2D eigenvalue weighted by Gasteiger charge is -2.35. The van der Waals surface area contributed by atoms with Gasteiger partial charge in [0.15, 0.2) is 0 Å². The smallest absolute Gasteiger partial charge is 0.255 e. The van der Waals surface area contributed by atoms with Crippen LogP contribution in [-0.2, 0) is 0 Å². The van der Waals surface area contributed by atoms with E-state index in [1.807, 2.05) is 20.9 Å². The Balaban J connectivity index is 3.13. The van der Waals surface area contributed by atoms with Crippen molar-refractivity contribution in [3.8, 4) is 11.8 Å². The number of pyridine rings is 1. The Kier molecular flexibility index (Phi) is 5.08. The molecule has 2 N–H and O–H groups in total. The third-order valence-corrected chi connectivity index (χ3v) is 3.45. The summed E-state index contributed by atoms with van der Waals surface area (Å²) in [5.74, 6) is 5.61. The third-order valence-electron chi connectivity index (χ3n) is 3.45. The van der Waals surface area contributed by atoms with E-state index in [4.69, 9.17) is 5.73 Å². The Labute approximate surface area is 115 Å². The first-order valence-electron chi connectivity index (χ1n) is 6.35. The minimum absolute atomic E-state index is 0.0458. The van der Waals surface area contributed by atoms with Crippen LogP contribution in [0.4, 0.5) is 0 Å². The highest BCUT2D eigenvalue weighted by atomic mass is 16.2. The maximum atomic E-state index is 12.5. The third kappa shape index (κ3) is 3.55. The molecule has 0 atom stereocenters. The predicted octanol–water partition coefficient (Wildman–Crippen LogP) is 1.65. The van der Waals surface area contributed by atoms with Gasteiger partial charge in [0, 0.05) is 25.0 Å². The van der Waals surface area contributed by atoms with Gasteiger partial charge in [-0.1, -0.05) is 18.8 Å². The number of nitrogens with two attached hydrogens (primary N) is 1. The number of carbonyl (C=O) groups excluding carboxylic acids is 1. The molecule has 1 aromatic heterocycles. The summed E-state index contributed by atoms with van der Waals surface area (Å²) >= 11 is 0. The van der Waals surface area contributed by atoms with E-state index in [0.29, 0.717) is 11.1 Å². The highest BCUT2D eigenvalue weighted by Crippen LogP contribution is 2.20. The van der Waals surface area contributed by atoms with Gasteiger partial charge >= 0.3 is 0 Å². The summed E-state index contributed by atoms with van der Waals surface area (Å²) in [6.07, 6.45) is 4.08. The molecule has 0 aliphatic rings. The largest absolute Gasteiger partial charge is 0.337 e. The van der Waals surface area contributed by atoms with Crippen molar-refractivity contribution in [2.75, 3.05) is 13.6 Å². The van der Waals surface area contributed by atoms with Crippen LogP contribution in [0.5, 0.6) is 0 Å². The van der Waals surface area contributed by atoms with Crippen molar-refractivity contribution in [2.24, 2.45) is 5.73 Å². The first-order chi connectivity index (χ1) is 8.94. The van der Waals surface area contributed by atoms with Crippen molar-refractivity contribution >= 4 is 5.91 Å². The lowest BCUT2D eigenvalue weighted by molar-refractivity contribution is 0.0620. The van der Waals surface area contributed by atoms with Crippen LogP contribution in [0, 0.1) is 11.8 Å². The molecule has 0 radical (unpaired) electrons. The quantitative estimate of drug-likeness (QED) is 0.840. The lowest BCUT2D eigenvalue weighted by Crippen LogP contribution is -2.44. The van der Waals surface area contributed by atoms with Crippen LogP contribution in [0.15, 0.2) is 18.5 Å². The molecule has 0 aromatic carbocycles. The molecule has 1 rings (SSSR count). The molecule has 4 heteroatoms. The SMILES string of the molecule is CCC(C)(C)N(C)C(=O)c1ccncc1C#CCN. The maximum Gasteiger partial charge on any atom is 0.255 e. The highest BCUT2D eigenvalue weighted by molar-refractivity contribution is 5.96. The molecule has 102 valence electrons. The fourth-order valence-corrected chi connectivity index (χ4v) is 1.52. The fraction of sp³-hybridized carbons (Fsp3) is 0.467. The predicted molar refractivity (Wildman–Crippen MR) is 76.6 cm³/mol. The van der Waals surface area contributed by atoms with E-state index in [1.165, 1.54) is 0 Å². The van der Waals surface area contributed by atoms with Gasteiger partial charge in [-0.3, -0.25) is 9.78 Å². The Hall–Kier alpha value is -1.86. The second-order valence-electron chi connectivity index (χ2n) is 4.96. The van der Waals surface area contributed by atoms with Crippen molar-refractivity contribution in [3.05, 3.63) is 29.6 Å². The molecule has 0 bridgehead atoms. The molecule has 0 unspecified atom stereocenters. The van der Waals surface area contributed by atoms with Gasteiger partial charge in [0.05, 0.1) is 17.7 Å². The fourth-order valence-electron chi connectivity index (χ4n) is 1.52. The molecule has 19 heavy (non-hydrogen) atoms. The molecule has 0 aliphatic carbocycles. The topological polar surface area (TPSA) is 59.2 Å². The zero-order valence-corrected chi connectivity index (χ0v) is 12.0. The number of hydrogen-bond donors (Lipinski definition) is 1. The van der Waals surface area contributed by atoms with Crippen LogP contribution in [0.1, 0.15) is 43.1 Å². The van der Waals surface area contributed by atoms with Gasteiger partial charge in [0.1, 0.15) is 0 Å². The van der Waals surface area contributed by atoms with Crippen LogP contribution >= 0.6 is 0 Å². The summed E-state index contributed by atoms with van der Waals surface area (Å²) in [5, 5.41) is 0. The molecule has 1 amide bonds.